The summed E-state index contributed by atoms with van der Waals surface area (Å²) in [6.45, 7) is 0. The molecule has 2 aliphatic carbocycles. The molecule has 0 radical (unpaired) electrons. The smallest absolute Gasteiger partial charge is 0.338 e. The first-order valence-electron chi connectivity index (χ1n) is 7.38. The molecule has 0 unspecified atom stereocenters. The van der Waals surface area contributed by atoms with Crippen molar-refractivity contribution in [3.05, 3.63) is 0 Å². The average Bonchev–Trinajstić information content (AvgIpc) is 2.34. The van der Waals surface area contributed by atoms with E-state index in [2.05, 4.69) is 0 Å². The molecule has 0 spiro atoms. The highest BCUT2D eigenvalue weighted by atomic mass is 28.4. The third-order valence-corrected chi connectivity index (χ3v) is 8.78. The van der Waals surface area contributed by atoms with Crippen LogP contribution in [0.5, 0.6) is 0 Å². The number of hydrogen-bond acceptors (Lipinski definition) is 2. The van der Waals surface area contributed by atoms with Gasteiger partial charge in [-0.25, -0.2) is 0 Å². The van der Waals surface area contributed by atoms with Crippen LogP contribution < -0.4 is 0 Å². The summed E-state index contributed by atoms with van der Waals surface area (Å²) in [6, 6.07) is 2.49. The van der Waals surface area contributed by atoms with Crippen molar-refractivity contribution in [1.82, 2.24) is 0 Å². The Bertz CT molecular complexity index is 218. The number of rotatable bonds is 6. The van der Waals surface area contributed by atoms with Gasteiger partial charge in [-0.05, 0) is 23.9 Å². The Labute approximate surface area is 107 Å². The minimum absolute atomic E-state index is 0.885. The zero-order valence-electron chi connectivity index (χ0n) is 11.5. The van der Waals surface area contributed by atoms with Gasteiger partial charge in [-0.1, -0.05) is 51.4 Å². The van der Waals surface area contributed by atoms with E-state index in [1.54, 1.807) is 0 Å². The van der Waals surface area contributed by atoms with E-state index in [9.17, 15) is 0 Å². The molecule has 2 rings (SSSR count). The van der Waals surface area contributed by atoms with Gasteiger partial charge in [-0.2, -0.15) is 0 Å². The molecule has 0 aromatic heterocycles. The normalized spacial score (nSPS) is 23.6. The lowest BCUT2D eigenvalue weighted by Crippen LogP contribution is -2.44. The second kappa shape index (κ2) is 6.35. The predicted octanol–water partition coefficient (Wildman–Crippen LogP) is 4.10. The fraction of sp³-hybridized carbons (Fsp3) is 1.00. The SMILES string of the molecule is CO[Si](CC1CCCCC1)(CC1CCC1)OC. The summed E-state index contributed by atoms with van der Waals surface area (Å²) in [6.07, 6.45) is 11.3. The van der Waals surface area contributed by atoms with Crippen LogP contribution in [0.4, 0.5) is 0 Å². The van der Waals surface area contributed by atoms with Crippen LogP contribution in [0.1, 0.15) is 51.4 Å². The van der Waals surface area contributed by atoms with Gasteiger partial charge in [0, 0.05) is 14.2 Å². The lowest BCUT2D eigenvalue weighted by atomic mass is 9.87. The van der Waals surface area contributed by atoms with E-state index >= 15 is 0 Å². The van der Waals surface area contributed by atoms with E-state index in [1.165, 1.54) is 63.5 Å². The van der Waals surface area contributed by atoms with Crippen LogP contribution in [-0.4, -0.2) is 22.8 Å². The Morgan fingerprint density at radius 3 is 1.59 bits per heavy atom. The first kappa shape index (κ1) is 13.6. The van der Waals surface area contributed by atoms with Crippen molar-refractivity contribution >= 4 is 8.56 Å². The van der Waals surface area contributed by atoms with Crippen molar-refractivity contribution in [2.45, 2.75) is 63.5 Å². The standard InChI is InChI=1S/C14H28O2Si/c1-15-17(16-2,12-14-9-6-10-14)11-13-7-4-3-5-8-13/h13-14H,3-12H2,1-2H3. The van der Waals surface area contributed by atoms with Gasteiger partial charge in [0.2, 0.25) is 0 Å². The van der Waals surface area contributed by atoms with E-state index < -0.39 is 8.56 Å². The molecule has 2 aliphatic rings. The van der Waals surface area contributed by atoms with E-state index in [0.29, 0.717) is 0 Å². The lowest BCUT2D eigenvalue weighted by molar-refractivity contribution is 0.205. The highest BCUT2D eigenvalue weighted by molar-refractivity contribution is 6.67. The minimum Gasteiger partial charge on any atom is -0.398 e. The molecule has 100 valence electrons. The van der Waals surface area contributed by atoms with Crippen LogP contribution >= 0.6 is 0 Å². The zero-order chi connectivity index (χ0) is 12.1. The third kappa shape index (κ3) is 3.55. The molecule has 2 nitrogen and oxygen atoms in total. The van der Waals surface area contributed by atoms with Gasteiger partial charge in [0.1, 0.15) is 0 Å². The fourth-order valence-electron chi connectivity index (χ4n) is 3.47. The summed E-state index contributed by atoms with van der Waals surface area (Å²) in [5.41, 5.74) is 0. The molecule has 0 bridgehead atoms. The van der Waals surface area contributed by atoms with Crippen LogP contribution in [-0.2, 0) is 8.85 Å². The Morgan fingerprint density at radius 2 is 1.24 bits per heavy atom. The molecular weight excluding hydrogens is 228 g/mol. The molecule has 2 saturated carbocycles. The Balaban J connectivity index is 1.88. The van der Waals surface area contributed by atoms with Crippen molar-refractivity contribution in [3.8, 4) is 0 Å². The summed E-state index contributed by atoms with van der Waals surface area (Å²) >= 11 is 0. The number of hydrogen-bond donors (Lipinski definition) is 0. The topological polar surface area (TPSA) is 18.5 Å². The van der Waals surface area contributed by atoms with Crippen LogP contribution in [0.3, 0.4) is 0 Å². The Hall–Kier alpha value is 0.137. The van der Waals surface area contributed by atoms with Crippen molar-refractivity contribution in [1.29, 1.82) is 0 Å². The predicted molar refractivity (Wildman–Crippen MR) is 73.3 cm³/mol. The average molecular weight is 256 g/mol. The van der Waals surface area contributed by atoms with Crippen LogP contribution in [0.2, 0.25) is 12.1 Å². The lowest BCUT2D eigenvalue weighted by Gasteiger charge is -2.37. The van der Waals surface area contributed by atoms with Crippen molar-refractivity contribution in [2.75, 3.05) is 14.2 Å². The first-order valence-corrected chi connectivity index (χ1v) is 9.61. The van der Waals surface area contributed by atoms with Crippen molar-refractivity contribution in [2.24, 2.45) is 11.8 Å². The molecule has 0 aromatic rings. The maximum Gasteiger partial charge on any atom is 0.338 e. The van der Waals surface area contributed by atoms with Gasteiger partial charge in [0.15, 0.2) is 0 Å². The molecule has 2 fully saturated rings. The molecule has 0 N–H and O–H groups in total. The van der Waals surface area contributed by atoms with Gasteiger partial charge in [-0.3, -0.25) is 0 Å². The maximum atomic E-state index is 5.91. The molecule has 0 aliphatic heterocycles. The Kier molecular flexibility index (Phi) is 5.06. The maximum absolute atomic E-state index is 5.91. The fourth-order valence-corrected chi connectivity index (χ4v) is 7.04. The highest BCUT2D eigenvalue weighted by Gasteiger charge is 2.41. The van der Waals surface area contributed by atoms with Crippen molar-refractivity contribution < 1.29 is 8.85 Å². The molecule has 17 heavy (non-hydrogen) atoms. The monoisotopic (exact) mass is 256 g/mol. The van der Waals surface area contributed by atoms with E-state index in [-0.39, 0.29) is 0 Å². The zero-order valence-corrected chi connectivity index (χ0v) is 12.5. The summed E-state index contributed by atoms with van der Waals surface area (Å²) in [4.78, 5) is 0. The van der Waals surface area contributed by atoms with Gasteiger partial charge in [-0.15, -0.1) is 0 Å². The quantitative estimate of drug-likeness (QED) is 0.666. The summed E-state index contributed by atoms with van der Waals surface area (Å²) in [7, 11) is 1.91. The van der Waals surface area contributed by atoms with E-state index in [4.69, 9.17) is 8.85 Å². The molecule has 0 amide bonds. The van der Waals surface area contributed by atoms with Crippen LogP contribution in [0.25, 0.3) is 0 Å². The molecule has 0 aromatic carbocycles. The summed E-state index contributed by atoms with van der Waals surface area (Å²) in [5.74, 6) is 1.79. The summed E-state index contributed by atoms with van der Waals surface area (Å²) < 4.78 is 11.8. The van der Waals surface area contributed by atoms with Crippen LogP contribution in [0.15, 0.2) is 0 Å². The van der Waals surface area contributed by atoms with Gasteiger partial charge in [0.05, 0.1) is 0 Å². The second-order valence-electron chi connectivity index (χ2n) is 6.03. The highest BCUT2D eigenvalue weighted by Crippen LogP contribution is 2.39. The largest absolute Gasteiger partial charge is 0.398 e. The van der Waals surface area contributed by atoms with Crippen LogP contribution in [0, 0.1) is 11.8 Å². The van der Waals surface area contributed by atoms with E-state index in [0.717, 1.165) is 11.8 Å². The second-order valence-corrected chi connectivity index (χ2v) is 9.48. The molecule has 0 atom stereocenters. The van der Waals surface area contributed by atoms with Crippen molar-refractivity contribution in [3.63, 3.8) is 0 Å². The molecule has 3 heteroatoms. The Morgan fingerprint density at radius 1 is 0.765 bits per heavy atom. The minimum atomic E-state index is -1.86. The van der Waals surface area contributed by atoms with E-state index in [1.807, 2.05) is 14.2 Å². The first-order chi connectivity index (χ1) is 8.28. The van der Waals surface area contributed by atoms with Gasteiger partial charge < -0.3 is 8.85 Å². The molecular formula is C14H28O2Si. The molecule has 0 heterocycles. The van der Waals surface area contributed by atoms with Gasteiger partial charge in [0.25, 0.3) is 0 Å². The van der Waals surface area contributed by atoms with Gasteiger partial charge >= 0.3 is 8.56 Å². The summed E-state index contributed by atoms with van der Waals surface area (Å²) in [5, 5.41) is 0. The molecule has 0 saturated heterocycles. The third-order valence-electron chi connectivity index (χ3n) is 4.89.